The number of aliphatic hydroxyl groups is 1. The first kappa shape index (κ1) is 17.8. The number of aliphatic hydroxyl groups excluding tert-OH is 1. The van der Waals surface area contributed by atoms with E-state index in [0.29, 0.717) is 16.9 Å². The molecule has 6 nitrogen and oxygen atoms in total. The molecule has 6 heteroatoms. The van der Waals surface area contributed by atoms with Crippen LogP contribution in [0.2, 0.25) is 0 Å². The monoisotopic (exact) mass is 356 g/mol. The largest absolute Gasteiger partial charge is 0.504 e. The Balaban J connectivity index is 2.30. The highest BCUT2D eigenvalue weighted by atomic mass is 16.5. The Morgan fingerprint density at radius 3 is 2.42 bits per heavy atom. The van der Waals surface area contributed by atoms with Crippen LogP contribution < -0.4 is 9.47 Å². The fourth-order valence-electron chi connectivity index (χ4n) is 3.56. The lowest BCUT2D eigenvalue weighted by Crippen LogP contribution is -2.25. The number of hydrogen-bond acceptors (Lipinski definition) is 6. The van der Waals surface area contributed by atoms with Crippen molar-refractivity contribution >= 4 is 12.4 Å². The zero-order valence-electron chi connectivity index (χ0n) is 14.5. The number of hydrogen-bond donors (Lipinski definition) is 3. The van der Waals surface area contributed by atoms with Crippen LogP contribution in [0.25, 0.3) is 6.08 Å². The molecule has 0 saturated heterocycles. The van der Waals surface area contributed by atoms with E-state index in [1.165, 1.54) is 26.4 Å². The van der Waals surface area contributed by atoms with Gasteiger partial charge in [0.2, 0.25) is 0 Å². The molecule has 0 unspecified atom stereocenters. The first-order valence-electron chi connectivity index (χ1n) is 8.10. The summed E-state index contributed by atoms with van der Waals surface area (Å²) in [7, 11) is 2.90. The number of carbonyl (C=O) groups is 1. The predicted octanol–water partition coefficient (Wildman–Crippen LogP) is 2.45. The van der Waals surface area contributed by atoms with E-state index in [-0.39, 0.29) is 23.9 Å². The van der Waals surface area contributed by atoms with Crippen LogP contribution in [-0.2, 0) is 4.79 Å². The van der Waals surface area contributed by atoms with Crippen molar-refractivity contribution in [1.29, 1.82) is 0 Å². The van der Waals surface area contributed by atoms with E-state index in [0.717, 1.165) is 17.4 Å². The van der Waals surface area contributed by atoms with Gasteiger partial charge in [-0.2, -0.15) is 0 Å². The number of benzene rings is 2. The molecule has 1 aliphatic rings. The summed E-state index contributed by atoms with van der Waals surface area (Å²) in [6.07, 6.45) is 2.42. The van der Waals surface area contributed by atoms with E-state index in [2.05, 4.69) is 0 Å². The zero-order valence-corrected chi connectivity index (χ0v) is 14.5. The molecule has 136 valence electrons. The lowest BCUT2D eigenvalue weighted by atomic mass is 9.71. The van der Waals surface area contributed by atoms with Crippen molar-refractivity contribution in [3.8, 4) is 23.0 Å². The van der Waals surface area contributed by atoms with E-state index in [4.69, 9.17) is 9.47 Å². The first-order valence-corrected chi connectivity index (χ1v) is 8.10. The molecule has 3 rings (SSSR count). The number of aromatic hydroxyl groups is 2. The Morgan fingerprint density at radius 2 is 1.81 bits per heavy atom. The molecule has 2 aromatic carbocycles. The smallest absolute Gasteiger partial charge is 0.164 e. The number of ether oxygens (including phenoxy) is 2. The lowest BCUT2D eigenvalue weighted by Gasteiger charge is -2.33. The minimum Gasteiger partial charge on any atom is -0.504 e. The van der Waals surface area contributed by atoms with Gasteiger partial charge in [-0.3, -0.25) is 4.79 Å². The standard InChI is InChI=1S/C20H20O6/c1-25-17-8-12(3-5-15(17)23)18-14(10-22)13(9-21)7-11-4-6-16(24)20(26-2)19(11)18/h3-9,14,18,22-24H,10H2,1-2H3/t14-,18-/m0/s1. The fourth-order valence-corrected chi connectivity index (χ4v) is 3.56. The van der Waals surface area contributed by atoms with Gasteiger partial charge in [0.1, 0.15) is 6.29 Å². The maximum Gasteiger partial charge on any atom is 0.164 e. The fraction of sp³-hybridized carbons (Fsp3) is 0.250. The van der Waals surface area contributed by atoms with Crippen molar-refractivity contribution in [2.24, 2.45) is 5.92 Å². The van der Waals surface area contributed by atoms with Crippen molar-refractivity contribution in [1.82, 2.24) is 0 Å². The van der Waals surface area contributed by atoms with Gasteiger partial charge in [0, 0.05) is 17.4 Å². The van der Waals surface area contributed by atoms with Gasteiger partial charge in [-0.05, 0) is 41.0 Å². The summed E-state index contributed by atoms with van der Waals surface area (Å²) in [5.41, 5.74) is 2.56. The average Bonchev–Trinajstić information content (AvgIpc) is 2.67. The Bertz CT molecular complexity index is 871. The van der Waals surface area contributed by atoms with Gasteiger partial charge in [0.05, 0.1) is 20.8 Å². The third-order valence-electron chi connectivity index (χ3n) is 4.77. The SMILES string of the molecule is COc1cc([C@@H]2c3c(ccc(O)c3OC)C=C(C=O)[C@@H]2CO)ccc1O. The summed E-state index contributed by atoms with van der Waals surface area (Å²) in [5, 5.41) is 30.1. The number of rotatable bonds is 5. The summed E-state index contributed by atoms with van der Waals surface area (Å²) in [6, 6.07) is 8.06. The minimum atomic E-state index is -0.523. The van der Waals surface area contributed by atoms with Crippen LogP contribution in [0.4, 0.5) is 0 Å². The van der Waals surface area contributed by atoms with Crippen molar-refractivity contribution in [3.05, 3.63) is 52.6 Å². The van der Waals surface area contributed by atoms with Gasteiger partial charge < -0.3 is 24.8 Å². The molecule has 2 atom stereocenters. The molecule has 26 heavy (non-hydrogen) atoms. The van der Waals surface area contributed by atoms with Crippen LogP contribution in [-0.4, -0.2) is 42.4 Å². The molecule has 0 fully saturated rings. The molecule has 0 bridgehead atoms. The Kier molecular flexibility index (Phi) is 4.86. The van der Waals surface area contributed by atoms with E-state index >= 15 is 0 Å². The van der Waals surface area contributed by atoms with Gasteiger partial charge in [-0.25, -0.2) is 0 Å². The number of phenolic OH excluding ortho intramolecular Hbond substituents is 2. The molecule has 3 N–H and O–H groups in total. The zero-order chi connectivity index (χ0) is 18.8. The second kappa shape index (κ2) is 7.09. The lowest BCUT2D eigenvalue weighted by molar-refractivity contribution is -0.105. The molecule has 1 aliphatic carbocycles. The number of aldehydes is 1. The number of carbonyl (C=O) groups excluding carboxylic acids is 1. The van der Waals surface area contributed by atoms with Crippen LogP contribution in [0.5, 0.6) is 23.0 Å². The van der Waals surface area contributed by atoms with Crippen LogP contribution >= 0.6 is 0 Å². The minimum absolute atomic E-state index is 0.0122. The quantitative estimate of drug-likeness (QED) is 0.712. The first-order chi connectivity index (χ1) is 12.5. The van der Waals surface area contributed by atoms with E-state index in [9.17, 15) is 20.1 Å². The number of phenols is 2. The van der Waals surface area contributed by atoms with Crippen LogP contribution in [0, 0.1) is 5.92 Å². The Morgan fingerprint density at radius 1 is 1.08 bits per heavy atom. The molecular weight excluding hydrogens is 336 g/mol. The Hall–Kier alpha value is -2.99. The number of fused-ring (bicyclic) bond motifs is 1. The molecule has 0 amide bonds. The van der Waals surface area contributed by atoms with Gasteiger partial charge in [0.25, 0.3) is 0 Å². The number of methoxy groups -OCH3 is 2. The summed E-state index contributed by atoms with van der Waals surface area (Å²) in [6.45, 7) is -0.267. The normalized spacial score (nSPS) is 18.7. The van der Waals surface area contributed by atoms with Crippen molar-refractivity contribution in [2.75, 3.05) is 20.8 Å². The van der Waals surface area contributed by atoms with E-state index in [1.807, 2.05) is 0 Å². The third kappa shape index (κ3) is 2.78. The van der Waals surface area contributed by atoms with Gasteiger partial charge in [0.15, 0.2) is 23.0 Å². The van der Waals surface area contributed by atoms with E-state index in [1.54, 1.807) is 24.3 Å². The maximum absolute atomic E-state index is 11.6. The average molecular weight is 356 g/mol. The third-order valence-corrected chi connectivity index (χ3v) is 4.77. The van der Waals surface area contributed by atoms with Crippen LogP contribution in [0.15, 0.2) is 35.9 Å². The highest BCUT2D eigenvalue weighted by molar-refractivity contribution is 5.86. The van der Waals surface area contributed by atoms with Crippen LogP contribution in [0.3, 0.4) is 0 Å². The maximum atomic E-state index is 11.6. The molecule has 0 radical (unpaired) electrons. The summed E-state index contributed by atoms with van der Waals surface area (Å²) in [5.74, 6) is -0.452. The molecule has 0 aromatic heterocycles. The highest BCUT2D eigenvalue weighted by Gasteiger charge is 2.36. The van der Waals surface area contributed by atoms with E-state index < -0.39 is 11.8 Å². The summed E-state index contributed by atoms with van der Waals surface area (Å²) in [4.78, 5) is 11.6. The van der Waals surface area contributed by atoms with Gasteiger partial charge >= 0.3 is 0 Å². The molecule has 0 saturated carbocycles. The second-order valence-electron chi connectivity index (χ2n) is 6.08. The van der Waals surface area contributed by atoms with Gasteiger partial charge in [-0.1, -0.05) is 12.1 Å². The highest BCUT2D eigenvalue weighted by Crippen LogP contribution is 2.49. The molecule has 0 spiro atoms. The van der Waals surface area contributed by atoms with Gasteiger partial charge in [-0.15, -0.1) is 0 Å². The van der Waals surface area contributed by atoms with Crippen molar-refractivity contribution in [2.45, 2.75) is 5.92 Å². The summed E-state index contributed by atoms with van der Waals surface area (Å²) >= 11 is 0. The Labute approximate surface area is 150 Å². The van der Waals surface area contributed by atoms with Crippen molar-refractivity contribution in [3.63, 3.8) is 0 Å². The summed E-state index contributed by atoms with van der Waals surface area (Å²) < 4.78 is 10.6. The molecule has 2 aromatic rings. The molecule has 0 aliphatic heterocycles. The van der Waals surface area contributed by atoms with Crippen LogP contribution in [0.1, 0.15) is 22.6 Å². The molecule has 0 heterocycles. The predicted molar refractivity (Wildman–Crippen MR) is 95.8 cm³/mol. The second-order valence-corrected chi connectivity index (χ2v) is 6.08. The topological polar surface area (TPSA) is 96.2 Å². The van der Waals surface area contributed by atoms with Crippen molar-refractivity contribution < 1.29 is 29.6 Å². The molecular formula is C20H20O6.